The van der Waals surface area contributed by atoms with Gasteiger partial charge < -0.3 is 5.73 Å². The van der Waals surface area contributed by atoms with Crippen LogP contribution in [0, 0.1) is 5.92 Å². The number of nitrogens with zero attached hydrogens (tertiary/aromatic N) is 3. The summed E-state index contributed by atoms with van der Waals surface area (Å²) in [6.45, 7) is 8.49. The number of fused-ring (bicyclic) bond motifs is 2. The number of aromatic nitrogens is 2. The molecule has 2 N–H and O–H groups in total. The van der Waals surface area contributed by atoms with Gasteiger partial charge in [-0.05, 0) is 75.2 Å². The Labute approximate surface area is 247 Å². The van der Waals surface area contributed by atoms with Crippen LogP contribution in [-0.2, 0) is 0 Å². The van der Waals surface area contributed by atoms with Crippen molar-refractivity contribution in [2.75, 3.05) is 0 Å². The third kappa shape index (κ3) is 5.08. The lowest BCUT2D eigenvalue weighted by molar-refractivity contribution is 0.754. The van der Waals surface area contributed by atoms with Gasteiger partial charge in [0.15, 0.2) is 5.82 Å². The third-order valence-electron chi connectivity index (χ3n) is 8.12. The second kappa shape index (κ2) is 11.4. The van der Waals surface area contributed by atoms with Crippen molar-refractivity contribution in [3.63, 3.8) is 0 Å². The Morgan fingerprint density at radius 1 is 0.595 bits per heavy atom. The summed E-state index contributed by atoms with van der Waals surface area (Å²) >= 11 is 0. The molecule has 0 bridgehead atoms. The van der Waals surface area contributed by atoms with Gasteiger partial charge in [0.2, 0.25) is 0 Å². The topological polar surface area (TPSA) is 64.2 Å². The van der Waals surface area contributed by atoms with Crippen LogP contribution >= 0.6 is 0 Å². The molecule has 0 unspecified atom stereocenters. The van der Waals surface area contributed by atoms with Crippen molar-refractivity contribution in [1.82, 2.24) is 9.97 Å². The normalized spacial score (nSPS) is 12.6. The van der Waals surface area contributed by atoms with Crippen molar-refractivity contribution in [1.29, 1.82) is 0 Å². The van der Waals surface area contributed by atoms with Crippen LogP contribution in [0.25, 0.3) is 55.2 Å². The van der Waals surface area contributed by atoms with E-state index in [4.69, 9.17) is 10.7 Å². The summed E-state index contributed by atoms with van der Waals surface area (Å²) in [5.41, 5.74) is 15.3. The van der Waals surface area contributed by atoms with Gasteiger partial charge in [-0.15, -0.1) is 0 Å². The molecule has 0 aliphatic heterocycles. The highest BCUT2D eigenvalue weighted by Crippen LogP contribution is 2.43. The second-order valence-electron chi connectivity index (χ2n) is 11.0. The Morgan fingerprint density at radius 2 is 1.02 bits per heavy atom. The number of nitrogens with two attached hydrogens (primary N) is 1. The van der Waals surface area contributed by atoms with Crippen LogP contribution < -0.4 is 5.73 Å². The highest BCUT2D eigenvalue weighted by Gasteiger charge is 2.17. The molecule has 4 heteroatoms. The summed E-state index contributed by atoms with van der Waals surface area (Å²) < 4.78 is 0. The van der Waals surface area contributed by atoms with E-state index in [1.807, 2.05) is 13.0 Å². The van der Waals surface area contributed by atoms with Gasteiger partial charge in [0.05, 0.1) is 0 Å². The molecular formula is C38H34N4. The fraction of sp³-hybridized carbons (Fsp3) is 0.132. The maximum atomic E-state index is 6.44. The molecule has 0 atom stereocenters. The van der Waals surface area contributed by atoms with Crippen LogP contribution in [0.4, 0.5) is 0 Å². The van der Waals surface area contributed by atoms with Crippen molar-refractivity contribution in [2.24, 2.45) is 16.6 Å². The minimum atomic E-state index is 0.435. The Hall–Kier alpha value is -5.09. The Kier molecular flexibility index (Phi) is 7.37. The average Bonchev–Trinajstić information content (AvgIpc) is 3.03. The van der Waals surface area contributed by atoms with E-state index in [9.17, 15) is 0 Å². The third-order valence-corrected chi connectivity index (χ3v) is 8.12. The Balaban J connectivity index is 1.48. The van der Waals surface area contributed by atoms with Gasteiger partial charge in [0, 0.05) is 29.2 Å². The predicted octanol–water partition coefficient (Wildman–Crippen LogP) is 9.44. The standard InChI is InChI=1S/C38H34N4/c1-24(2)25(3)26(4)42-37(39)29-18-14-27(15-19-29)35-31-10-5-7-12-33(31)36(34-13-8-6-11-32(34)35)28-16-20-30(21-17-28)38-40-22-9-23-41-38/h5-24H,1-4H3,(H2,39,42)/b26-25-. The molecule has 0 saturated heterocycles. The summed E-state index contributed by atoms with van der Waals surface area (Å²) in [6, 6.07) is 36.2. The zero-order valence-electron chi connectivity index (χ0n) is 24.5. The molecule has 1 heterocycles. The van der Waals surface area contributed by atoms with Gasteiger partial charge in [0.1, 0.15) is 5.84 Å². The number of aliphatic imine (C=N–C) groups is 1. The van der Waals surface area contributed by atoms with E-state index in [0.29, 0.717) is 11.8 Å². The maximum absolute atomic E-state index is 6.44. The van der Waals surface area contributed by atoms with E-state index in [2.05, 4.69) is 128 Å². The van der Waals surface area contributed by atoms with Crippen LogP contribution in [0.2, 0.25) is 0 Å². The molecule has 0 aliphatic carbocycles. The molecule has 5 aromatic carbocycles. The van der Waals surface area contributed by atoms with Crippen LogP contribution in [0.15, 0.2) is 132 Å². The average molecular weight is 547 g/mol. The minimum Gasteiger partial charge on any atom is -0.383 e. The molecule has 0 saturated carbocycles. The van der Waals surface area contributed by atoms with Crippen LogP contribution in [0.5, 0.6) is 0 Å². The molecule has 0 spiro atoms. The second-order valence-corrected chi connectivity index (χ2v) is 11.0. The molecule has 0 fully saturated rings. The fourth-order valence-electron chi connectivity index (χ4n) is 5.54. The SMILES string of the molecule is C/C(N=C(N)c1ccc(-c2c3ccccc3c(-c3ccc(-c4ncccn4)cc3)c3ccccc23)cc1)=C(\C)C(C)C. The van der Waals surface area contributed by atoms with Gasteiger partial charge in [-0.25, -0.2) is 15.0 Å². The number of rotatable bonds is 6. The summed E-state index contributed by atoms with van der Waals surface area (Å²) in [5, 5.41) is 4.85. The summed E-state index contributed by atoms with van der Waals surface area (Å²) in [6.07, 6.45) is 3.55. The minimum absolute atomic E-state index is 0.435. The first-order valence-corrected chi connectivity index (χ1v) is 14.4. The van der Waals surface area contributed by atoms with Crippen molar-refractivity contribution < 1.29 is 0 Å². The van der Waals surface area contributed by atoms with Crippen molar-refractivity contribution in [3.05, 3.63) is 132 Å². The molecular weight excluding hydrogens is 512 g/mol. The van der Waals surface area contributed by atoms with Gasteiger partial charge in [-0.3, -0.25) is 0 Å². The van der Waals surface area contributed by atoms with E-state index >= 15 is 0 Å². The molecule has 4 nitrogen and oxygen atoms in total. The van der Waals surface area contributed by atoms with Gasteiger partial charge in [-0.1, -0.05) is 111 Å². The van der Waals surface area contributed by atoms with E-state index in [1.165, 1.54) is 38.2 Å². The summed E-state index contributed by atoms with van der Waals surface area (Å²) in [5.74, 6) is 1.70. The number of hydrogen-bond acceptors (Lipinski definition) is 3. The van der Waals surface area contributed by atoms with Crippen molar-refractivity contribution >= 4 is 27.4 Å². The molecule has 206 valence electrons. The lowest BCUT2D eigenvalue weighted by Gasteiger charge is -2.18. The van der Waals surface area contributed by atoms with Gasteiger partial charge in [-0.2, -0.15) is 0 Å². The quantitative estimate of drug-likeness (QED) is 0.129. The van der Waals surface area contributed by atoms with Gasteiger partial charge >= 0.3 is 0 Å². The maximum Gasteiger partial charge on any atom is 0.159 e. The lowest BCUT2D eigenvalue weighted by atomic mass is 9.85. The first-order chi connectivity index (χ1) is 20.4. The fourth-order valence-corrected chi connectivity index (χ4v) is 5.54. The number of hydrogen-bond donors (Lipinski definition) is 1. The zero-order valence-corrected chi connectivity index (χ0v) is 24.5. The van der Waals surface area contributed by atoms with Crippen molar-refractivity contribution in [2.45, 2.75) is 27.7 Å². The number of benzene rings is 5. The van der Waals surface area contributed by atoms with E-state index < -0.39 is 0 Å². The van der Waals surface area contributed by atoms with E-state index in [-0.39, 0.29) is 0 Å². The van der Waals surface area contributed by atoms with Crippen LogP contribution in [-0.4, -0.2) is 15.8 Å². The first-order valence-electron chi connectivity index (χ1n) is 14.4. The highest BCUT2D eigenvalue weighted by atomic mass is 14.9. The molecule has 0 radical (unpaired) electrons. The zero-order chi connectivity index (χ0) is 29.2. The first kappa shape index (κ1) is 27.1. The molecule has 6 aromatic rings. The molecule has 0 amide bonds. The molecule has 6 rings (SSSR count). The van der Waals surface area contributed by atoms with Crippen LogP contribution in [0.3, 0.4) is 0 Å². The predicted molar refractivity (Wildman–Crippen MR) is 177 cm³/mol. The molecule has 0 aliphatic rings. The number of allylic oxidation sites excluding steroid dienone is 2. The molecule has 42 heavy (non-hydrogen) atoms. The summed E-state index contributed by atoms with van der Waals surface area (Å²) in [4.78, 5) is 13.5. The van der Waals surface area contributed by atoms with Gasteiger partial charge in [0.25, 0.3) is 0 Å². The molecule has 1 aromatic heterocycles. The smallest absolute Gasteiger partial charge is 0.159 e. The monoisotopic (exact) mass is 546 g/mol. The highest BCUT2D eigenvalue weighted by molar-refractivity contribution is 6.21. The Bertz CT molecular complexity index is 1890. The van der Waals surface area contributed by atoms with Crippen molar-refractivity contribution in [3.8, 4) is 33.6 Å². The Morgan fingerprint density at radius 3 is 1.48 bits per heavy atom. The van der Waals surface area contributed by atoms with Crippen LogP contribution in [0.1, 0.15) is 33.3 Å². The van der Waals surface area contributed by atoms with E-state index in [0.717, 1.165) is 33.8 Å². The van der Waals surface area contributed by atoms with E-state index in [1.54, 1.807) is 12.4 Å². The number of amidine groups is 1. The summed E-state index contributed by atoms with van der Waals surface area (Å²) in [7, 11) is 0. The largest absolute Gasteiger partial charge is 0.383 e. The lowest BCUT2D eigenvalue weighted by Crippen LogP contribution is -2.13.